The molecule has 0 fully saturated rings. The summed E-state index contributed by atoms with van der Waals surface area (Å²) in [4.78, 5) is 19.5. The van der Waals surface area contributed by atoms with Gasteiger partial charge in [0, 0.05) is 34.9 Å². The Morgan fingerprint density at radius 3 is 1.23 bits per heavy atom. The third-order valence-electron chi connectivity index (χ3n) is 11.0. The quantitative estimate of drug-likeness (QED) is 0.0960. The van der Waals surface area contributed by atoms with Crippen molar-refractivity contribution < 1.29 is 0 Å². The van der Waals surface area contributed by atoms with Crippen molar-refractivity contribution in [2.24, 2.45) is 4.99 Å². The van der Waals surface area contributed by atoms with Crippen molar-refractivity contribution in [2.75, 3.05) is 7.05 Å². The van der Waals surface area contributed by atoms with Crippen LogP contribution in [-0.4, -0.2) is 33.7 Å². The molecule has 0 bridgehead atoms. The molecular weight excluding hydrogens is 733 g/mol. The molecule has 0 radical (unpaired) electrons. The summed E-state index contributed by atoms with van der Waals surface area (Å²) >= 11 is 0. The van der Waals surface area contributed by atoms with Crippen LogP contribution >= 0.6 is 0 Å². The molecule has 0 saturated heterocycles. The maximum atomic E-state index is 8.65. The zero-order chi connectivity index (χ0) is 40.4. The first-order chi connectivity index (χ1) is 29.6. The maximum absolute atomic E-state index is 8.65. The highest BCUT2D eigenvalue weighted by Gasteiger charge is 2.15. The van der Waals surface area contributed by atoms with E-state index in [4.69, 9.17) is 20.4 Å². The topological polar surface area (TPSA) is 86.9 Å². The van der Waals surface area contributed by atoms with E-state index in [-0.39, 0.29) is 5.84 Å². The van der Waals surface area contributed by atoms with Crippen LogP contribution < -0.4 is 5.32 Å². The summed E-state index contributed by atoms with van der Waals surface area (Å²) < 4.78 is 0. The van der Waals surface area contributed by atoms with Crippen molar-refractivity contribution >= 4 is 44.0 Å². The molecule has 0 aliphatic heterocycles. The Morgan fingerprint density at radius 2 is 0.733 bits per heavy atom. The Hall–Kier alpha value is -8.09. The van der Waals surface area contributed by atoms with Crippen LogP contribution in [0.1, 0.15) is 11.1 Å². The molecule has 0 aliphatic carbocycles. The van der Waals surface area contributed by atoms with Crippen LogP contribution in [-0.2, 0) is 0 Å². The molecule has 9 aromatic carbocycles. The molecule has 1 aromatic heterocycles. The van der Waals surface area contributed by atoms with E-state index in [1.165, 1.54) is 32.3 Å². The van der Waals surface area contributed by atoms with Gasteiger partial charge in [-0.15, -0.1) is 0 Å². The normalized spacial score (nSPS) is 11.6. The first-order valence-corrected chi connectivity index (χ1v) is 20.0. The van der Waals surface area contributed by atoms with Gasteiger partial charge in [0.1, 0.15) is 5.84 Å². The number of aliphatic imine (C=N–C) groups is 1. The molecule has 1 heterocycles. The lowest BCUT2D eigenvalue weighted by molar-refractivity contribution is 1.07. The number of aromatic nitrogens is 3. The monoisotopic (exact) mass is 770 g/mol. The molecule has 60 heavy (non-hydrogen) atoms. The van der Waals surface area contributed by atoms with Gasteiger partial charge in [0.2, 0.25) is 0 Å². The van der Waals surface area contributed by atoms with E-state index in [9.17, 15) is 0 Å². The standard InChI is InChI=1S/C54H38N6/c1-56-51(39-12-4-2-5-13-39)57-50(55)38-26-20-35(21-27-38)36-22-28-41(29-23-36)53-58-52(40-14-6-3-7-15-40)59-54(60-53)42-30-24-37(25-31-42)43-32-33-48-46-18-9-8-16-44(46)45-17-10-11-19-47(45)49(48)34-43/h2-34H,1H3,(H2,55,56,57). The summed E-state index contributed by atoms with van der Waals surface area (Å²) in [6.07, 6.45) is 0. The molecule has 284 valence electrons. The molecule has 0 saturated carbocycles. The molecule has 6 heteroatoms. The number of amidine groups is 2. The number of rotatable bonds is 7. The van der Waals surface area contributed by atoms with Gasteiger partial charge >= 0.3 is 0 Å². The van der Waals surface area contributed by atoms with Crippen LogP contribution in [0.25, 0.3) is 88.7 Å². The Balaban J connectivity index is 0.948. The highest BCUT2D eigenvalue weighted by Crippen LogP contribution is 2.37. The smallest absolute Gasteiger partial charge is 0.164 e. The molecule has 0 unspecified atom stereocenters. The van der Waals surface area contributed by atoms with Crippen molar-refractivity contribution in [1.82, 2.24) is 20.3 Å². The third kappa shape index (κ3) is 6.97. The van der Waals surface area contributed by atoms with Gasteiger partial charge in [-0.1, -0.05) is 194 Å². The molecule has 0 aliphatic rings. The maximum Gasteiger partial charge on any atom is 0.164 e. The van der Waals surface area contributed by atoms with E-state index >= 15 is 0 Å². The summed E-state index contributed by atoms with van der Waals surface area (Å²) in [6.45, 7) is 0. The van der Waals surface area contributed by atoms with Crippen LogP contribution in [0.3, 0.4) is 0 Å². The average Bonchev–Trinajstić information content (AvgIpc) is 3.33. The predicted octanol–water partition coefficient (Wildman–Crippen LogP) is 12.7. The predicted molar refractivity (Wildman–Crippen MR) is 248 cm³/mol. The van der Waals surface area contributed by atoms with E-state index in [2.05, 4.69) is 126 Å². The van der Waals surface area contributed by atoms with Crippen LogP contribution in [0.2, 0.25) is 0 Å². The average molecular weight is 771 g/mol. The number of benzene rings is 9. The minimum Gasteiger partial charge on any atom is -0.373 e. The summed E-state index contributed by atoms with van der Waals surface area (Å²) in [6, 6.07) is 68.7. The molecule has 10 aromatic rings. The van der Waals surface area contributed by atoms with E-state index in [0.29, 0.717) is 23.3 Å². The Morgan fingerprint density at radius 1 is 0.367 bits per heavy atom. The first kappa shape index (κ1) is 36.3. The van der Waals surface area contributed by atoms with E-state index in [1.807, 2.05) is 92.0 Å². The zero-order valence-corrected chi connectivity index (χ0v) is 32.8. The fourth-order valence-electron chi connectivity index (χ4n) is 7.92. The minimum atomic E-state index is 0.191. The van der Waals surface area contributed by atoms with Crippen molar-refractivity contribution in [3.8, 4) is 56.4 Å². The number of hydrogen-bond donors (Lipinski definition) is 2. The zero-order valence-electron chi connectivity index (χ0n) is 32.8. The fourth-order valence-corrected chi connectivity index (χ4v) is 7.92. The van der Waals surface area contributed by atoms with Gasteiger partial charge in [0.05, 0.1) is 0 Å². The lowest BCUT2D eigenvalue weighted by atomic mass is 9.92. The summed E-state index contributed by atoms with van der Waals surface area (Å²) in [5, 5.41) is 19.3. The second-order valence-electron chi connectivity index (χ2n) is 14.7. The minimum absolute atomic E-state index is 0.191. The molecule has 0 atom stereocenters. The van der Waals surface area contributed by atoms with Crippen molar-refractivity contribution in [1.29, 1.82) is 5.41 Å². The summed E-state index contributed by atoms with van der Waals surface area (Å²) in [5.41, 5.74) is 8.75. The Kier molecular flexibility index (Phi) is 9.48. The van der Waals surface area contributed by atoms with Crippen molar-refractivity contribution in [3.63, 3.8) is 0 Å². The second-order valence-corrected chi connectivity index (χ2v) is 14.7. The number of fused-ring (bicyclic) bond motifs is 6. The van der Waals surface area contributed by atoms with Crippen LogP contribution in [0.15, 0.2) is 205 Å². The second kappa shape index (κ2) is 15.7. The number of nitrogens with zero attached hydrogens (tertiary/aromatic N) is 4. The van der Waals surface area contributed by atoms with Gasteiger partial charge in [-0.2, -0.15) is 0 Å². The summed E-state index contributed by atoms with van der Waals surface area (Å²) in [5.74, 6) is 2.67. The van der Waals surface area contributed by atoms with Gasteiger partial charge in [-0.05, 0) is 60.6 Å². The highest BCUT2D eigenvalue weighted by molar-refractivity contribution is 6.25. The first-order valence-electron chi connectivity index (χ1n) is 20.0. The van der Waals surface area contributed by atoms with Crippen LogP contribution in [0, 0.1) is 5.41 Å². The van der Waals surface area contributed by atoms with E-state index in [0.717, 1.165) is 50.1 Å². The van der Waals surface area contributed by atoms with Crippen molar-refractivity contribution in [2.45, 2.75) is 0 Å². The molecule has 0 amide bonds. The van der Waals surface area contributed by atoms with Crippen LogP contribution in [0.5, 0.6) is 0 Å². The number of nitrogens with one attached hydrogen (secondary N) is 2. The third-order valence-corrected chi connectivity index (χ3v) is 11.0. The molecule has 6 nitrogen and oxygen atoms in total. The van der Waals surface area contributed by atoms with Gasteiger partial charge in [0.25, 0.3) is 0 Å². The van der Waals surface area contributed by atoms with Crippen LogP contribution in [0.4, 0.5) is 0 Å². The van der Waals surface area contributed by atoms with E-state index in [1.54, 1.807) is 0 Å². The fraction of sp³-hybridized carbons (Fsp3) is 0.0185. The Labute approximate surface area is 348 Å². The molecule has 0 spiro atoms. The largest absolute Gasteiger partial charge is 0.373 e. The molecule has 10 rings (SSSR count). The molecule has 2 N–H and O–H groups in total. The lowest BCUT2D eigenvalue weighted by Gasteiger charge is -2.12. The van der Waals surface area contributed by atoms with Crippen molar-refractivity contribution in [3.05, 3.63) is 211 Å². The highest BCUT2D eigenvalue weighted by atomic mass is 15.0. The van der Waals surface area contributed by atoms with Gasteiger partial charge in [-0.25, -0.2) is 19.9 Å². The SMILES string of the molecule is CNC(=NC(=N)c1ccc(-c2ccc(-c3nc(-c4ccccc4)nc(-c4ccc(-c5ccc6c7ccccc7c7ccccc7c6c5)cc4)n3)cc2)cc1)c1ccccc1. The van der Waals surface area contributed by atoms with Gasteiger partial charge < -0.3 is 5.32 Å². The Bertz CT molecular complexity index is 3180. The summed E-state index contributed by atoms with van der Waals surface area (Å²) in [7, 11) is 1.82. The number of hydrogen-bond acceptors (Lipinski definition) is 4. The molecular formula is C54H38N6. The van der Waals surface area contributed by atoms with E-state index < -0.39 is 0 Å². The lowest BCUT2D eigenvalue weighted by Crippen LogP contribution is -2.21. The van der Waals surface area contributed by atoms with Gasteiger partial charge in [0.15, 0.2) is 23.3 Å². The van der Waals surface area contributed by atoms with Gasteiger partial charge in [-0.3, -0.25) is 5.41 Å².